The van der Waals surface area contributed by atoms with Crippen molar-refractivity contribution in [2.75, 3.05) is 24.7 Å². The highest BCUT2D eigenvalue weighted by atomic mass is 16.5. The largest absolute Gasteiger partial charge is 0.495 e. The van der Waals surface area contributed by atoms with Gasteiger partial charge in [-0.3, -0.25) is 14.7 Å². The summed E-state index contributed by atoms with van der Waals surface area (Å²) >= 11 is 0. The second kappa shape index (κ2) is 10.3. The second-order valence-corrected chi connectivity index (χ2v) is 7.04. The predicted octanol–water partition coefficient (Wildman–Crippen LogP) is 1.95. The van der Waals surface area contributed by atoms with E-state index >= 15 is 0 Å². The van der Waals surface area contributed by atoms with E-state index in [4.69, 9.17) is 15.2 Å². The molecule has 0 spiro atoms. The van der Waals surface area contributed by atoms with Gasteiger partial charge in [-0.1, -0.05) is 30.3 Å². The smallest absolute Gasteiger partial charge is 0.308 e. The summed E-state index contributed by atoms with van der Waals surface area (Å²) in [5.74, 6) is -0.00365. The Balaban J connectivity index is 1.28. The topological polar surface area (TPSA) is 170 Å². The van der Waals surface area contributed by atoms with Crippen LogP contribution in [0, 0.1) is 0 Å². The zero-order chi connectivity index (χ0) is 23.9. The Hall–Kier alpha value is -4.74. The number of esters is 1. The minimum Gasteiger partial charge on any atom is -0.495 e. The molecule has 12 nitrogen and oxygen atoms in total. The molecule has 0 aliphatic carbocycles. The van der Waals surface area contributed by atoms with Gasteiger partial charge in [0.15, 0.2) is 18.1 Å². The van der Waals surface area contributed by atoms with Crippen LogP contribution in [0.25, 0.3) is 10.9 Å². The Morgan fingerprint density at radius 1 is 1.06 bits per heavy atom. The quantitative estimate of drug-likeness (QED) is 0.270. The van der Waals surface area contributed by atoms with Crippen molar-refractivity contribution in [2.24, 2.45) is 0 Å². The van der Waals surface area contributed by atoms with Crippen LogP contribution in [0.5, 0.6) is 5.75 Å². The number of hydrogen-bond donors (Lipinski definition) is 4. The molecule has 5 N–H and O–H groups in total. The van der Waals surface area contributed by atoms with Crippen molar-refractivity contribution in [2.45, 2.75) is 13.0 Å². The molecule has 2 heterocycles. The summed E-state index contributed by atoms with van der Waals surface area (Å²) in [6.45, 7) is -0.122. The molecule has 0 aliphatic heterocycles. The maximum atomic E-state index is 12.3. The van der Waals surface area contributed by atoms with Crippen molar-refractivity contribution in [3.05, 3.63) is 60.0 Å². The highest BCUT2D eigenvalue weighted by Gasteiger charge is 2.15. The van der Waals surface area contributed by atoms with Crippen molar-refractivity contribution in [3.8, 4) is 5.75 Å². The Morgan fingerprint density at radius 2 is 1.85 bits per heavy atom. The minimum atomic E-state index is -0.537. The second-order valence-electron chi connectivity index (χ2n) is 7.04. The molecule has 174 valence electrons. The number of methoxy groups -OCH3 is 1. The van der Waals surface area contributed by atoms with Gasteiger partial charge >= 0.3 is 5.97 Å². The molecular formula is C22H22N8O4. The van der Waals surface area contributed by atoms with Crippen LogP contribution in [0.15, 0.2) is 48.5 Å². The van der Waals surface area contributed by atoms with Gasteiger partial charge in [-0.15, -0.1) is 0 Å². The Kier molecular flexibility index (Phi) is 6.77. The van der Waals surface area contributed by atoms with Crippen molar-refractivity contribution in [1.29, 1.82) is 0 Å². The van der Waals surface area contributed by atoms with E-state index in [9.17, 15) is 9.59 Å². The average molecular weight is 462 g/mol. The molecule has 0 unspecified atom stereocenters. The summed E-state index contributed by atoms with van der Waals surface area (Å²) < 4.78 is 10.5. The number of nitrogens with two attached hydrogens (primary N) is 1. The number of carbonyl (C=O) groups is 2. The third-order valence-electron chi connectivity index (χ3n) is 4.71. The summed E-state index contributed by atoms with van der Waals surface area (Å²) in [4.78, 5) is 36.7. The SMILES string of the molecule is COc1ccccc1Nc1nc(N)nc(COC(=O)CCNC(=O)c2n[nH]c3ccccc23)n1. The number of nitrogens with zero attached hydrogens (tertiary/aromatic N) is 4. The minimum absolute atomic E-state index is 0.0306. The number of hydrogen-bond acceptors (Lipinski definition) is 10. The van der Waals surface area contributed by atoms with Crippen molar-refractivity contribution in [3.63, 3.8) is 0 Å². The molecule has 0 saturated carbocycles. The highest BCUT2D eigenvalue weighted by Crippen LogP contribution is 2.25. The number of ether oxygens (including phenoxy) is 2. The van der Waals surface area contributed by atoms with Crippen LogP contribution in [-0.4, -0.2) is 50.7 Å². The molecule has 4 rings (SSSR count). The lowest BCUT2D eigenvalue weighted by molar-refractivity contribution is -0.145. The van der Waals surface area contributed by atoms with Crippen LogP contribution in [0.2, 0.25) is 0 Å². The number of nitrogen functional groups attached to an aromatic ring is 1. The lowest BCUT2D eigenvalue weighted by atomic mass is 10.2. The van der Waals surface area contributed by atoms with Crippen LogP contribution in [0.1, 0.15) is 22.7 Å². The number of para-hydroxylation sites is 3. The summed E-state index contributed by atoms with van der Waals surface area (Å²) in [6.07, 6.45) is -0.0407. The summed E-state index contributed by atoms with van der Waals surface area (Å²) in [7, 11) is 1.55. The van der Waals surface area contributed by atoms with Gasteiger partial charge in [-0.05, 0) is 18.2 Å². The molecule has 0 saturated heterocycles. The molecule has 2 aromatic carbocycles. The number of rotatable bonds is 9. The Morgan fingerprint density at radius 3 is 2.71 bits per heavy atom. The Labute approximate surface area is 193 Å². The number of nitrogens with one attached hydrogen (secondary N) is 3. The van der Waals surface area contributed by atoms with Gasteiger partial charge in [0, 0.05) is 11.9 Å². The first-order valence-electron chi connectivity index (χ1n) is 10.3. The molecule has 1 amide bonds. The number of anilines is 3. The van der Waals surface area contributed by atoms with E-state index in [1.54, 1.807) is 25.3 Å². The molecule has 0 aliphatic rings. The van der Waals surface area contributed by atoms with Crippen LogP contribution in [0.3, 0.4) is 0 Å². The van der Waals surface area contributed by atoms with Gasteiger partial charge in [0.05, 0.1) is 24.7 Å². The molecule has 2 aromatic heterocycles. The van der Waals surface area contributed by atoms with E-state index < -0.39 is 5.97 Å². The monoisotopic (exact) mass is 462 g/mol. The normalized spacial score (nSPS) is 10.6. The fourth-order valence-electron chi connectivity index (χ4n) is 3.14. The van der Waals surface area contributed by atoms with E-state index in [1.165, 1.54) is 0 Å². The first kappa shape index (κ1) is 22.5. The van der Waals surface area contributed by atoms with Crippen LogP contribution < -0.4 is 21.1 Å². The summed E-state index contributed by atoms with van der Waals surface area (Å²) in [6, 6.07) is 14.5. The molecular weight excluding hydrogens is 440 g/mol. The summed E-state index contributed by atoms with van der Waals surface area (Å²) in [5.41, 5.74) is 7.41. The lowest BCUT2D eigenvalue weighted by Crippen LogP contribution is -2.27. The first-order valence-corrected chi connectivity index (χ1v) is 10.3. The molecule has 0 fully saturated rings. The van der Waals surface area contributed by atoms with Gasteiger partial charge < -0.3 is 25.8 Å². The van der Waals surface area contributed by atoms with Crippen LogP contribution in [0.4, 0.5) is 17.6 Å². The number of amides is 1. The maximum absolute atomic E-state index is 12.3. The van der Waals surface area contributed by atoms with Gasteiger partial charge in [-0.25, -0.2) is 0 Å². The predicted molar refractivity (Wildman–Crippen MR) is 123 cm³/mol. The van der Waals surface area contributed by atoms with E-state index in [0.717, 1.165) is 5.52 Å². The van der Waals surface area contributed by atoms with Crippen molar-refractivity contribution < 1.29 is 19.1 Å². The number of aromatic amines is 1. The molecule has 12 heteroatoms. The van der Waals surface area contributed by atoms with Crippen LogP contribution >= 0.6 is 0 Å². The number of aromatic nitrogens is 5. The number of benzene rings is 2. The van der Waals surface area contributed by atoms with Gasteiger partial charge in [0.2, 0.25) is 11.9 Å². The van der Waals surface area contributed by atoms with Gasteiger partial charge in [0.25, 0.3) is 5.91 Å². The molecule has 4 aromatic rings. The van der Waals surface area contributed by atoms with Crippen LogP contribution in [-0.2, 0) is 16.1 Å². The van der Waals surface area contributed by atoms with Gasteiger partial charge in [-0.2, -0.15) is 20.1 Å². The maximum Gasteiger partial charge on any atom is 0.308 e. The van der Waals surface area contributed by atoms with Crippen molar-refractivity contribution in [1.82, 2.24) is 30.5 Å². The zero-order valence-electron chi connectivity index (χ0n) is 18.2. The molecule has 0 bridgehead atoms. The van der Waals surface area contributed by atoms with E-state index in [-0.39, 0.29) is 48.9 Å². The van der Waals surface area contributed by atoms with E-state index in [2.05, 4.69) is 35.8 Å². The fraction of sp³-hybridized carbons (Fsp3) is 0.182. The fourth-order valence-corrected chi connectivity index (χ4v) is 3.14. The van der Waals surface area contributed by atoms with E-state index in [0.29, 0.717) is 16.8 Å². The average Bonchev–Trinajstić information content (AvgIpc) is 3.27. The third kappa shape index (κ3) is 5.35. The van der Waals surface area contributed by atoms with Gasteiger partial charge in [0.1, 0.15) is 5.75 Å². The third-order valence-corrected chi connectivity index (χ3v) is 4.71. The number of fused-ring (bicyclic) bond motifs is 1. The highest BCUT2D eigenvalue weighted by molar-refractivity contribution is 6.04. The molecule has 0 radical (unpaired) electrons. The van der Waals surface area contributed by atoms with E-state index in [1.807, 2.05) is 30.3 Å². The lowest BCUT2D eigenvalue weighted by Gasteiger charge is -2.11. The number of H-pyrrole nitrogens is 1. The number of carbonyl (C=O) groups excluding carboxylic acids is 2. The Bertz CT molecular complexity index is 1320. The first-order chi connectivity index (χ1) is 16.5. The zero-order valence-corrected chi connectivity index (χ0v) is 18.2. The molecule has 0 atom stereocenters. The summed E-state index contributed by atoms with van der Waals surface area (Å²) in [5, 5.41) is 13.2. The molecule has 34 heavy (non-hydrogen) atoms. The van der Waals surface area contributed by atoms with Crippen molar-refractivity contribution >= 4 is 40.4 Å². The standard InChI is InChI=1S/C22H22N8O4/c1-33-16-9-5-4-8-15(16)25-22-27-17(26-21(23)28-22)12-34-18(31)10-11-24-20(32)19-13-6-2-3-7-14(13)29-30-19/h2-9H,10-12H2,1H3,(H,24,32)(H,29,30)(H3,23,25,26,27,28).